The highest BCUT2D eigenvalue weighted by Crippen LogP contribution is 2.36. The van der Waals surface area contributed by atoms with Gasteiger partial charge in [-0.15, -0.1) is 5.01 Å². The monoisotopic (exact) mass is 407 g/mol. The van der Waals surface area contributed by atoms with E-state index in [9.17, 15) is 14.0 Å². The third-order valence-electron chi connectivity index (χ3n) is 4.72. The van der Waals surface area contributed by atoms with Crippen LogP contribution in [-0.2, 0) is 10.3 Å². The number of halogens is 2. The molecule has 144 valence electrons. The second kappa shape index (κ2) is 7.48. The maximum Gasteiger partial charge on any atom is 0.346 e. The van der Waals surface area contributed by atoms with Gasteiger partial charge in [-0.1, -0.05) is 78.3 Å². The summed E-state index contributed by atoms with van der Waals surface area (Å²) in [6, 6.07) is 21.2. The van der Waals surface area contributed by atoms with Gasteiger partial charge in [0.05, 0.1) is 11.2 Å². The molecule has 0 bridgehead atoms. The number of carbonyl (C=O) groups is 2. The summed E-state index contributed by atoms with van der Waals surface area (Å²) in [5.74, 6) is -1.20. The molecule has 1 aliphatic heterocycles. The number of hydrogen-bond donors (Lipinski definition) is 1. The van der Waals surface area contributed by atoms with Crippen LogP contribution < -0.4 is 5.32 Å². The molecule has 3 amide bonds. The molecule has 0 aromatic heterocycles. The zero-order valence-electron chi connectivity index (χ0n) is 15.0. The van der Waals surface area contributed by atoms with Crippen LogP contribution in [0.15, 0.2) is 84.0 Å². The lowest BCUT2D eigenvalue weighted by molar-refractivity contribution is -0.130. The summed E-state index contributed by atoms with van der Waals surface area (Å²) < 4.78 is 14.0. The van der Waals surface area contributed by atoms with Crippen LogP contribution in [0.25, 0.3) is 0 Å². The number of rotatable bonds is 4. The maximum absolute atomic E-state index is 14.0. The lowest BCUT2D eigenvalue weighted by atomic mass is 9.83. The molecule has 0 aliphatic carbocycles. The van der Waals surface area contributed by atoms with Crippen molar-refractivity contribution < 1.29 is 14.0 Å². The first-order chi connectivity index (χ1) is 14.0. The first-order valence-corrected chi connectivity index (χ1v) is 9.17. The smallest absolute Gasteiger partial charge is 0.314 e. The molecule has 5 nitrogen and oxygen atoms in total. The summed E-state index contributed by atoms with van der Waals surface area (Å²) in [6.07, 6.45) is 1.07. The lowest BCUT2D eigenvalue weighted by Gasteiger charge is -2.27. The number of carbonyl (C=O) groups excluding carboxylic acids is 2. The van der Waals surface area contributed by atoms with Gasteiger partial charge in [0.25, 0.3) is 5.91 Å². The van der Waals surface area contributed by atoms with Crippen molar-refractivity contribution in [2.24, 2.45) is 5.10 Å². The molecule has 1 saturated heterocycles. The van der Waals surface area contributed by atoms with Crippen molar-refractivity contribution in [2.45, 2.75) is 5.54 Å². The van der Waals surface area contributed by atoms with Crippen LogP contribution in [0.5, 0.6) is 0 Å². The third kappa shape index (κ3) is 3.17. The predicted octanol–water partition coefficient (Wildman–Crippen LogP) is 4.31. The van der Waals surface area contributed by atoms with Crippen molar-refractivity contribution >= 4 is 29.8 Å². The average molecular weight is 408 g/mol. The second-order valence-corrected chi connectivity index (χ2v) is 6.82. The highest BCUT2D eigenvalue weighted by atomic mass is 35.5. The Morgan fingerprint density at radius 3 is 2.03 bits per heavy atom. The molecule has 1 N–H and O–H groups in total. The van der Waals surface area contributed by atoms with Gasteiger partial charge < -0.3 is 5.32 Å². The first-order valence-electron chi connectivity index (χ1n) is 8.80. The molecule has 0 radical (unpaired) electrons. The minimum Gasteiger partial charge on any atom is -0.314 e. The van der Waals surface area contributed by atoms with E-state index >= 15 is 0 Å². The molecule has 3 aromatic carbocycles. The topological polar surface area (TPSA) is 61.8 Å². The highest BCUT2D eigenvalue weighted by molar-refractivity contribution is 6.33. The molecular formula is C22H15ClFN3O2. The molecule has 4 rings (SSSR count). The van der Waals surface area contributed by atoms with E-state index in [4.69, 9.17) is 11.6 Å². The number of amides is 3. The number of nitrogens with one attached hydrogen (secondary N) is 1. The molecule has 0 atom stereocenters. The average Bonchev–Trinajstić information content (AvgIpc) is 3.00. The van der Waals surface area contributed by atoms with Crippen molar-refractivity contribution in [1.29, 1.82) is 0 Å². The summed E-state index contributed by atoms with van der Waals surface area (Å²) in [7, 11) is 0. The van der Waals surface area contributed by atoms with Crippen LogP contribution >= 0.6 is 11.6 Å². The van der Waals surface area contributed by atoms with Crippen LogP contribution in [-0.4, -0.2) is 23.2 Å². The first kappa shape index (κ1) is 18.8. The molecule has 29 heavy (non-hydrogen) atoms. The van der Waals surface area contributed by atoms with E-state index in [1.807, 2.05) is 12.1 Å². The summed E-state index contributed by atoms with van der Waals surface area (Å²) in [6.45, 7) is 0. The van der Waals surface area contributed by atoms with Crippen molar-refractivity contribution in [1.82, 2.24) is 10.3 Å². The molecular weight excluding hydrogens is 393 g/mol. The van der Waals surface area contributed by atoms with Crippen LogP contribution in [0.1, 0.15) is 16.7 Å². The number of imide groups is 1. The van der Waals surface area contributed by atoms with Gasteiger partial charge in [-0.05, 0) is 23.3 Å². The quantitative estimate of drug-likeness (QED) is 0.517. The number of hydrogen-bond acceptors (Lipinski definition) is 3. The van der Waals surface area contributed by atoms with E-state index in [0.29, 0.717) is 16.1 Å². The Labute approximate surface area is 171 Å². The second-order valence-electron chi connectivity index (χ2n) is 6.41. The van der Waals surface area contributed by atoms with Gasteiger partial charge in [0, 0.05) is 5.56 Å². The molecule has 1 fully saturated rings. The fourth-order valence-electron chi connectivity index (χ4n) is 3.31. The van der Waals surface area contributed by atoms with Crippen LogP contribution in [0, 0.1) is 5.82 Å². The van der Waals surface area contributed by atoms with Gasteiger partial charge in [0.15, 0.2) is 5.54 Å². The van der Waals surface area contributed by atoms with Gasteiger partial charge in [0.2, 0.25) is 0 Å². The van der Waals surface area contributed by atoms with Crippen molar-refractivity contribution in [3.05, 3.63) is 106 Å². The Hall–Kier alpha value is -3.51. The molecule has 3 aromatic rings. The number of benzene rings is 3. The highest BCUT2D eigenvalue weighted by Gasteiger charge is 2.54. The van der Waals surface area contributed by atoms with E-state index < -0.39 is 23.3 Å². The molecule has 1 heterocycles. The summed E-state index contributed by atoms with van der Waals surface area (Å²) in [5.41, 5.74) is -0.264. The Balaban J connectivity index is 1.79. The zero-order valence-corrected chi connectivity index (χ0v) is 15.8. The van der Waals surface area contributed by atoms with Crippen LogP contribution in [0.2, 0.25) is 5.02 Å². The Kier molecular flexibility index (Phi) is 4.86. The summed E-state index contributed by atoms with van der Waals surface area (Å²) in [5, 5.41) is 7.53. The van der Waals surface area contributed by atoms with E-state index in [-0.39, 0.29) is 10.6 Å². The molecule has 7 heteroatoms. The fraction of sp³-hybridized carbons (Fsp3) is 0.0455. The van der Waals surface area contributed by atoms with Crippen LogP contribution in [0.3, 0.4) is 0 Å². The van der Waals surface area contributed by atoms with Crippen LogP contribution in [0.4, 0.5) is 9.18 Å². The zero-order chi connectivity index (χ0) is 20.4. The number of urea groups is 1. The third-order valence-corrected chi connectivity index (χ3v) is 5.05. The predicted molar refractivity (Wildman–Crippen MR) is 108 cm³/mol. The number of hydrazone groups is 1. The van der Waals surface area contributed by atoms with E-state index in [2.05, 4.69) is 10.4 Å². The van der Waals surface area contributed by atoms with Crippen molar-refractivity contribution in [3.8, 4) is 0 Å². The summed E-state index contributed by atoms with van der Waals surface area (Å²) in [4.78, 5) is 26.1. The number of nitrogens with zero attached hydrogens (tertiary/aromatic N) is 2. The molecule has 1 aliphatic rings. The minimum atomic E-state index is -1.43. The van der Waals surface area contributed by atoms with Gasteiger partial charge in [-0.2, -0.15) is 5.10 Å². The van der Waals surface area contributed by atoms with Gasteiger partial charge >= 0.3 is 6.03 Å². The Morgan fingerprint density at radius 1 is 0.897 bits per heavy atom. The maximum atomic E-state index is 14.0. The molecule has 0 spiro atoms. The molecule has 0 unspecified atom stereocenters. The minimum absolute atomic E-state index is 0.00770. The Morgan fingerprint density at radius 2 is 1.48 bits per heavy atom. The van der Waals surface area contributed by atoms with E-state index in [1.54, 1.807) is 48.5 Å². The SMILES string of the molecule is O=C1NC(c2ccccc2)(c2ccccc2)C(=O)N1N=Cc1c(F)cccc1Cl. The van der Waals surface area contributed by atoms with Crippen molar-refractivity contribution in [2.75, 3.05) is 0 Å². The van der Waals surface area contributed by atoms with Gasteiger partial charge in [0.1, 0.15) is 5.82 Å². The summed E-state index contributed by atoms with van der Waals surface area (Å²) >= 11 is 6.00. The fourth-order valence-corrected chi connectivity index (χ4v) is 3.52. The Bertz CT molecular complexity index is 1040. The van der Waals surface area contributed by atoms with E-state index in [1.165, 1.54) is 18.2 Å². The molecule has 0 saturated carbocycles. The standard InChI is InChI=1S/C22H15ClFN3O2/c23-18-12-7-13-19(24)17(18)14-25-27-20(28)22(26-21(27)29,15-8-3-1-4-9-15)16-10-5-2-6-11-16/h1-14H,(H,26,29). The largest absolute Gasteiger partial charge is 0.346 e. The normalized spacial score (nSPS) is 15.7. The lowest BCUT2D eigenvalue weighted by Crippen LogP contribution is -2.44. The van der Waals surface area contributed by atoms with Gasteiger partial charge in [-0.25, -0.2) is 9.18 Å². The van der Waals surface area contributed by atoms with Gasteiger partial charge in [-0.3, -0.25) is 4.79 Å². The van der Waals surface area contributed by atoms with Crippen molar-refractivity contribution in [3.63, 3.8) is 0 Å². The van der Waals surface area contributed by atoms with E-state index in [0.717, 1.165) is 6.21 Å².